The molecule has 0 atom stereocenters. The number of rotatable bonds is 9. The van der Waals surface area contributed by atoms with Crippen LogP contribution in [-0.2, 0) is 19.1 Å². The van der Waals surface area contributed by atoms with Gasteiger partial charge in [-0.25, -0.2) is 0 Å². The second-order valence-electron chi connectivity index (χ2n) is 8.73. The monoisotopic (exact) mass is 410 g/mol. The predicted octanol–water partition coefficient (Wildman–Crippen LogP) is 3.90. The Morgan fingerprint density at radius 3 is 2.14 bits per heavy atom. The van der Waals surface area contributed by atoms with Crippen molar-refractivity contribution >= 4 is 17.6 Å². The van der Waals surface area contributed by atoms with Crippen LogP contribution in [0, 0.1) is 11.8 Å². The number of carbonyl (C=O) groups excluding carboxylic acids is 3. The third-order valence-corrected chi connectivity index (χ3v) is 5.86. The lowest BCUT2D eigenvalue weighted by Gasteiger charge is -2.29. The van der Waals surface area contributed by atoms with Crippen LogP contribution in [0.4, 0.5) is 0 Å². The van der Waals surface area contributed by atoms with Gasteiger partial charge in [0.15, 0.2) is 0 Å². The molecule has 0 spiro atoms. The van der Waals surface area contributed by atoms with Gasteiger partial charge in [0.1, 0.15) is 5.78 Å². The molecule has 2 saturated carbocycles. The smallest absolute Gasteiger partial charge is 0.219 e. The van der Waals surface area contributed by atoms with Crippen molar-refractivity contribution < 1.29 is 19.1 Å². The number of Topliss-reactive ketones (excluding diaryl/α,β-unsaturated/α-hetero) is 1. The van der Waals surface area contributed by atoms with E-state index in [1.54, 1.807) is 0 Å². The van der Waals surface area contributed by atoms with E-state index in [1.165, 1.54) is 19.3 Å². The Labute approximate surface area is 176 Å². The highest BCUT2D eigenvalue weighted by molar-refractivity contribution is 5.82. The van der Waals surface area contributed by atoms with E-state index in [0.29, 0.717) is 43.6 Å². The Morgan fingerprint density at radius 1 is 1.00 bits per heavy atom. The summed E-state index contributed by atoms with van der Waals surface area (Å²) in [5.41, 5.74) is 5.05. The van der Waals surface area contributed by atoms with Gasteiger partial charge in [0.25, 0.3) is 0 Å². The van der Waals surface area contributed by atoms with Crippen LogP contribution in [0.1, 0.15) is 97.8 Å². The van der Waals surface area contributed by atoms with E-state index >= 15 is 0 Å². The highest BCUT2D eigenvalue weighted by Gasteiger charge is 2.23. The molecule has 3 N–H and O–H groups in total. The molecule has 0 saturated heterocycles. The summed E-state index contributed by atoms with van der Waals surface area (Å²) in [6.45, 7) is 6.48. The number of ketones is 1. The largest absolute Gasteiger partial charge is 0.378 e. The zero-order chi connectivity index (χ0) is 21.6. The molecular weight excluding hydrogens is 368 g/mol. The lowest BCUT2D eigenvalue weighted by Crippen LogP contribution is -2.38. The summed E-state index contributed by atoms with van der Waals surface area (Å²) in [6.07, 6.45) is 12.0. The van der Waals surface area contributed by atoms with Gasteiger partial charge in [-0.2, -0.15) is 0 Å². The van der Waals surface area contributed by atoms with E-state index in [9.17, 15) is 14.4 Å². The zero-order valence-electron chi connectivity index (χ0n) is 18.7. The Morgan fingerprint density at radius 2 is 1.62 bits per heavy atom. The number of nitrogens with one attached hydrogen (secondary N) is 1. The third kappa shape index (κ3) is 11.4. The fraction of sp³-hybridized carbons (Fsp3) is 0.870. The maximum atomic E-state index is 11.5. The van der Waals surface area contributed by atoms with Crippen molar-refractivity contribution in [3.63, 3.8) is 0 Å². The molecule has 2 fully saturated rings. The minimum Gasteiger partial charge on any atom is -0.378 e. The van der Waals surface area contributed by atoms with Crippen molar-refractivity contribution in [2.75, 3.05) is 6.61 Å². The molecule has 2 aliphatic carbocycles. The first kappa shape index (κ1) is 25.6. The van der Waals surface area contributed by atoms with Crippen molar-refractivity contribution in [3.8, 4) is 0 Å². The van der Waals surface area contributed by atoms with Crippen LogP contribution >= 0.6 is 0 Å². The number of carbonyl (C=O) groups is 3. The molecule has 2 rings (SSSR count). The molecule has 0 heterocycles. The van der Waals surface area contributed by atoms with Gasteiger partial charge in [0.2, 0.25) is 11.8 Å². The minimum atomic E-state index is -0.274. The topological polar surface area (TPSA) is 98.5 Å². The molecule has 0 aliphatic heterocycles. The molecule has 0 unspecified atom stereocenters. The number of hydrogen-bond donors (Lipinski definition) is 2. The average molecular weight is 411 g/mol. The zero-order valence-corrected chi connectivity index (χ0v) is 18.7. The van der Waals surface area contributed by atoms with Gasteiger partial charge in [-0.3, -0.25) is 14.4 Å². The van der Waals surface area contributed by atoms with Gasteiger partial charge in [-0.15, -0.1) is 0 Å². The number of hydrogen-bond acceptors (Lipinski definition) is 4. The van der Waals surface area contributed by atoms with Gasteiger partial charge in [-0.05, 0) is 44.9 Å². The van der Waals surface area contributed by atoms with Crippen LogP contribution in [0.15, 0.2) is 0 Å². The molecule has 0 aromatic rings. The van der Waals surface area contributed by atoms with Crippen molar-refractivity contribution in [1.82, 2.24) is 5.32 Å². The summed E-state index contributed by atoms with van der Waals surface area (Å²) in [6, 6.07) is 0.308. The molecule has 2 amide bonds. The van der Waals surface area contributed by atoms with E-state index in [2.05, 4.69) is 5.32 Å². The first-order valence-electron chi connectivity index (χ1n) is 11.6. The Bertz CT molecular complexity index is 493. The molecule has 29 heavy (non-hydrogen) atoms. The molecule has 0 radical (unpaired) electrons. The molecule has 6 heteroatoms. The summed E-state index contributed by atoms with van der Waals surface area (Å²) < 4.78 is 5.69. The molecule has 0 aromatic heterocycles. The van der Waals surface area contributed by atoms with Crippen molar-refractivity contribution in [3.05, 3.63) is 0 Å². The average Bonchev–Trinajstić information content (AvgIpc) is 2.72. The number of ether oxygens (including phenoxy) is 1. The van der Waals surface area contributed by atoms with E-state index in [4.69, 9.17) is 10.5 Å². The van der Waals surface area contributed by atoms with Crippen LogP contribution in [0.5, 0.6) is 0 Å². The first-order valence-corrected chi connectivity index (χ1v) is 11.6. The maximum Gasteiger partial charge on any atom is 0.219 e. The van der Waals surface area contributed by atoms with E-state index in [-0.39, 0.29) is 23.8 Å². The van der Waals surface area contributed by atoms with Crippen molar-refractivity contribution in [2.24, 2.45) is 17.6 Å². The van der Waals surface area contributed by atoms with Gasteiger partial charge < -0.3 is 15.8 Å². The lowest BCUT2D eigenvalue weighted by atomic mass is 9.83. The van der Waals surface area contributed by atoms with Crippen LogP contribution in [0.3, 0.4) is 0 Å². The lowest BCUT2D eigenvalue weighted by molar-refractivity contribution is -0.126. The van der Waals surface area contributed by atoms with Crippen LogP contribution in [-0.4, -0.2) is 36.4 Å². The van der Waals surface area contributed by atoms with Crippen molar-refractivity contribution in [1.29, 1.82) is 0 Å². The van der Waals surface area contributed by atoms with Crippen LogP contribution < -0.4 is 11.1 Å². The summed E-state index contributed by atoms with van der Waals surface area (Å²) in [4.78, 5) is 33.3. The molecule has 6 nitrogen and oxygen atoms in total. The van der Waals surface area contributed by atoms with Crippen LogP contribution in [0.25, 0.3) is 0 Å². The SMILES string of the molecule is CC(C)C(=O)C1CCCCC1.CCC(=O)NC1CCC(OCCCC(N)=O)CC1. The fourth-order valence-electron chi connectivity index (χ4n) is 4.06. The molecule has 0 aromatic carbocycles. The highest BCUT2D eigenvalue weighted by atomic mass is 16.5. The predicted molar refractivity (Wildman–Crippen MR) is 115 cm³/mol. The molecular formula is C23H42N2O4. The fourth-order valence-corrected chi connectivity index (χ4v) is 4.06. The minimum absolute atomic E-state index is 0.126. The van der Waals surface area contributed by atoms with E-state index < -0.39 is 0 Å². The van der Waals surface area contributed by atoms with E-state index in [1.807, 2.05) is 20.8 Å². The number of nitrogens with two attached hydrogens (primary N) is 1. The summed E-state index contributed by atoms with van der Waals surface area (Å²) >= 11 is 0. The summed E-state index contributed by atoms with van der Waals surface area (Å²) in [7, 11) is 0. The highest BCUT2D eigenvalue weighted by Crippen LogP contribution is 2.26. The molecule has 168 valence electrons. The van der Waals surface area contributed by atoms with Crippen LogP contribution in [0.2, 0.25) is 0 Å². The third-order valence-electron chi connectivity index (χ3n) is 5.86. The van der Waals surface area contributed by atoms with Gasteiger partial charge in [0, 0.05) is 37.3 Å². The van der Waals surface area contributed by atoms with E-state index in [0.717, 1.165) is 38.5 Å². The van der Waals surface area contributed by atoms with Gasteiger partial charge in [0.05, 0.1) is 6.10 Å². The Balaban J connectivity index is 0.000000326. The quantitative estimate of drug-likeness (QED) is 0.563. The Hall–Kier alpha value is -1.43. The first-order chi connectivity index (χ1) is 13.8. The second kappa shape index (κ2) is 14.5. The normalized spacial score (nSPS) is 22.5. The summed E-state index contributed by atoms with van der Waals surface area (Å²) in [5.74, 6) is 0.997. The van der Waals surface area contributed by atoms with Gasteiger partial charge >= 0.3 is 0 Å². The second-order valence-corrected chi connectivity index (χ2v) is 8.73. The molecule has 0 bridgehead atoms. The van der Waals surface area contributed by atoms with Crippen molar-refractivity contribution in [2.45, 2.75) is 110 Å². The molecule has 2 aliphatic rings. The summed E-state index contributed by atoms with van der Waals surface area (Å²) in [5, 5.41) is 3.02. The standard InChI is InChI=1S/C13H24N2O3.C10H18O/c1-2-13(17)15-10-5-7-11(8-6-10)18-9-3-4-12(14)16;1-8(2)10(11)9-6-4-3-5-7-9/h10-11H,2-9H2,1H3,(H2,14,16)(H,15,17);8-9H,3-7H2,1-2H3. The maximum absolute atomic E-state index is 11.5. The number of primary amides is 1. The number of amides is 2. The van der Waals surface area contributed by atoms with Gasteiger partial charge in [-0.1, -0.05) is 40.0 Å². The Kier molecular flexibility index (Phi) is 12.8.